The molecule has 0 radical (unpaired) electrons. The third kappa shape index (κ3) is 3.58. The second kappa shape index (κ2) is 7.26. The monoisotopic (exact) mass is 369 g/mol. The third-order valence-electron chi connectivity index (χ3n) is 4.46. The number of furan rings is 1. The molecule has 2 heterocycles. The second-order valence-corrected chi connectivity index (χ2v) is 7.11. The highest BCUT2D eigenvalue weighted by molar-refractivity contribution is 5.93. The van der Waals surface area contributed by atoms with Crippen LogP contribution >= 0.6 is 0 Å². The highest BCUT2D eigenvalue weighted by Crippen LogP contribution is 2.29. The van der Waals surface area contributed by atoms with E-state index in [0.717, 1.165) is 5.52 Å². The minimum atomic E-state index is -0.996. The molecule has 142 valence electrons. The largest absolute Gasteiger partial charge is 0.478 e. The van der Waals surface area contributed by atoms with Crippen molar-refractivity contribution in [1.29, 1.82) is 0 Å². The highest BCUT2D eigenvalue weighted by Gasteiger charge is 2.27. The van der Waals surface area contributed by atoms with Gasteiger partial charge in [-0.1, -0.05) is 13.8 Å². The predicted molar refractivity (Wildman–Crippen MR) is 101 cm³/mol. The van der Waals surface area contributed by atoms with Crippen molar-refractivity contribution in [3.8, 4) is 0 Å². The van der Waals surface area contributed by atoms with Gasteiger partial charge in [0.05, 0.1) is 28.9 Å². The third-order valence-corrected chi connectivity index (χ3v) is 4.46. The summed E-state index contributed by atoms with van der Waals surface area (Å²) in [4.78, 5) is 28.5. The van der Waals surface area contributed by atoms with Gasteiger partial charge >= 0.3 is 5.97 Å². The molecule has 2 N–H and O–H groups in total. The zero-order chi connectivity index (χ0) is 19.7. The van der Waals surface area contributed by atoms with Crippen LogP contribution in [0.15, 0.2) is 41.0 Å². The first-order valence-corrected chi connectivity index (χ1v) is 8.89. The Kier molecular flexibility index (Phi) is 5.03. The van der Waals surface area contributed by atoms with Crippen LogP contribution in [0, 0.1) is 5.92 Å². The molecule has 0 saturated carbocycles. The number of imidazole rings is 1. The van der Waals surface area contributed by atoms with Gasteiger partial charge in [0.2, 0.25) is 0 Å². The number of rotatable bonds is 6. The van der Waals surface area contributed by atoms with Gasteiger partial charge in [-0.15, -0.1) is 0 Å². The molecule has 27 heavy (non-hydrogen) atoms. The lowest BCUT2D eigenvalue weighted by Crippen LogP contribution is -2.33. The summed E-state index contributed by atoms with van der Waals surface area (Å²) in [6.07, 6.45) is 1.45. The van der Waals surface area contributed by atoms with Gasteiger partial charge in [-0.25, -0.2) is 9.78 Å². The number of carbonyl (C=O) groups excluding carboxylic acids is 1. The number of amides is 1. The van der Waals surface area contributed by atoms with E-state index in [1.807, 2.05) is 32.3 Å². The van der Waals surface area contributed by atoms with E-state index in [-0.39, 0.29) is 35.2 Å². The summed E-state index contributed by atoms with van der Waals surface area (Å²) in [6, 6.07) is 7.90. The van der Waals surface area contributed by atoms with Crippen LogP contribution in [0.3, 0.4) is 0 Å². The lowest BCUT2D eigenvalue weighted by molar-refractivity contribution is 0.0696. The van der Waals surface area contributed by atoms with Crippen molar-refractivity contribution >= 4 is 22.9 Å². The Morgan fingerprint density at radius 1 is 1.19 bits per heavy atom. The Balaban J connectivity index is 2.09. The van der Waals surface area contributed by atoms with E-state index in [9.17, 15) is 14.7 Å². The standard InChI is InChI=1S/C20H23N3O4/c1-11(2)17(22-19(24)16-6-5-9-27-16)18-21-14-10-13(20(25)26)7-8-15(14)23(18)12(3)4/h5-12,17H,1-4H3,(H,22,24)(H,25,26)/t17-/m1/s1. The lowest BCUT2D eigenvalue weighted by atomic mass is 10.0. The molecule has 7 heteroatoms. The smallest absolute Gasteiger partial charge is 0.335 e. The highest BCUT2D eigenvalue weighted by atomic mass is 16.4. The van der Waals surface area contributed by atoms with Crippen molar-refractivity contribution in [3.05, 3.63) is 53.7 Å². The fourth-order valence-corrected chi connectivity index (χ4v) is 3.16. The molecule has 0 saturated heterocycles. The molecule has 0 fully saturated rings. The molecule has 0 unspecified atom stereocenters. The van der Waals surface area contributed by atoms with Crippen molar-refractivity contribution in [2.75, 3.05) is 0 Å². The average Bonchev–Trinajstić information content (AvgIpc) is 3.25. The Bertz CT molecular complexity index is 971. The zero-order valence-corrected chi connectivity index (χ0v) is 15.8. The van der Waals surface area contributed by atoms with Gasteiger partial charge in [0, 0.05) is 6.04 Å². The minimum absolute atomic E-state index is 0.0668. The molecule has 2 aromatic heterocycles. The van der Waals surface area contributed by atoms with Crippen molar-refractivity contribution in [2.24, 2.45) is 5.92 Å². The molecular weight excluding hydrogens is 346 g/mol. The Hall–Kier alpha value is -3.09. The van der Waals surface area contributed by atoms with Crippen LogP contribution in [0.5, 0.6) is 0 Å². The van der Waals surface area contributed by atoms with E-state index >= 15 is 0 Å². The molecular formula is C20H23N3O4. The van der Waals surface area contributed by atoms with Gasteiger partial charge in [-0.2, -0.15) is 0 Å². The summed E-state index contributed by atoms with van der Waals surface area (Å²) in [5.41, 5.74) is 1.61. The van der Waals surface area contributed by atoms with E-state index in [2.05, 4.69) is 10.3 Å². The quantitative estimate of drug-likeness (QED) is 0.683. The number of nitrogens with zero attached hydrogens (tertiary/aromatic N) is 2. The van der Waals surface area contributed by atoms with Crippen LogP contribution in [0.4, 0.5) is 0 Å². The van der Waals surface area contributed by atoms with Crippen LogP contribution < -0.4 is 5.32 Å². The Labute approximate surface area is 157 Å². The Morgan fingerprint density at radius 2 is 1.93 bits per heavy atom. The predicted octanol–water partition coefficient (Wildman–Crippen LogP) is 4.04. The maximum atomic E-state index is 12.5. The first kappa shape index (κ1) is 18.7. The van der Waals surface area contributed by atoms with Gasteiger partial charge in [0.15, 0.2) is 5.76 Å². The minimum Gasteiger partial charge on any atom is -0.478 e. The summed E-state index contributed by atoms with van der Waals surface area (Å²) >= 11 is 0. The van der Waals surface area contributed by atoms with Crippen LogP contribution in [0.1, 0.15) is 66.5 Å². The number of hydrogen-bond donors (Lipinski definition) is 2. The topological polar surface area (TPSA) is 97.4 Å². The van der Waals surface area contributed by atoms with Crippen LogP contribution in [-0.4, -0.2) is 26.5 Å². The van der Waals surface area contributed by atoms with E-state index in [1.54, 1.807) is 30.3 Å². The zero-order valence-electron chi connectivity index (χ0n) is 15.8. The van der Waals surface area contributed by atoms with Crippen molar-refractivity contribution in [2.45, 2.75) is 39.8 Å². The average molecular weight is 369 g/mol. The van der Waals surface area contributed by atoms with Gasteiger partial charge in [-0.3, -0.25) is 4.79 Å². The van der Waals surface area contributed by atoms with Gasteiger partial charge < -0.3 is 19.4 Å². The summed E-state index contributed by atoms with van der Waals surface area (Å²) in [5, 5.41) is 12.2. The van der Waals surface area contributed by atoms with Gasteiger partial charge in [0.1, 0.15) is 5.82 Å². The summed E-state index contributed by atoms with van der Waals surface area (Å²) in [6.45, 7) is 8.06. The number of nitrogens with one attached hydrogen (secondary N) is 1. The Morgan fingerprint density at radius 3 is 2.48 bits per heavy atom. The summed E-state index contributed by atoms with van der Waals surface area (Å²) < 4.78 is 7.22. The van der Waals surface area contributed by atoms with Crippen molar-refractivity contribution in [1.82, 2.24) is 14.9 Å². The number of carbonyl (C=O) groups is 2. The number of aromatic carboxylic acids is 1. The molecule has 0 aliphatic carbocycles. The molecule has 1 atom stereocenters. The number of carboxylic acid groups (broad SMARTS) is 1. The SMILES string of the molecule is CC(C)[C@@H](NC(=O)c1ccco1)c1nc2cc(C(=O)O)ccc2n1C(C)C. The number of carboxylic acids is 1. The number of benzene rings is 1. The summed E-state index contributed by atoms with van der Waals surface area (Å²) in [5.74, 6) is -0.313. The number of aromatic nitrogens is 2. The van der Waals surface area contributed by atoms with Crippen LogP contribution in [0.2, 0.25) is 0 Å². The maximum absolute atomic E-state index is 12.5. The molecule has 3 aromatic rings. The molecule has 7 nitrogen and oxygen atoms in total. The number of fused-ring (bicyclic) bond motifs is 1. The van der Waals surface area contributed by atoms with Gasteiger partial charge in [-0.05, 0) is 50.1 Å². The van der Waals surface area contributed by atoms with E-state index < -0.39 is 5.97 Å². The van der Waals surface area contributed by atoms with Crippen molar-refractivity contribution in [3.63, 3.8) is 0 Å². The van der Waals surface area contributed by atoms with Crippen LogP contribution in [-0.2, 0) is 0 Å². The molecule has 0 bridgehead atoms. The molecule has 0 spiro atoms. The second-order valence-electron chi connectivity index (χ2n) is 7.11. The van der Waals surface area contributed by atoms with E-state index in [0.29, 0.717) is 11.3 Å². The van der Waals surface area contributed by atoms with E-state index in [1.165, 1.54) is 6.26 Å². The van der Waals surface area contributed by atoms with Crippen LogP contribution in [0.25, 0.3) is 11.0 Å². The van der Waals surface area contributed by atoms with E-state index in [4.69, 9.17) is 4.42 Å². The summed E-state index contributed by atoms with van der Waals surface area (Å²) in [7, 11) is 0. The normalized spacial score (nSPS) is 12.7. The maximum Gasteiger partial charge on any atom is 0.335 e. The molecule has 0 aliphatic rings. The van der Waals surface area contributed by atoms with Crippen molar-refractivity contribution < 1.29 is 19.1 Å². The fraction of sp³-hybridized carbons (Fsp3) is 0.350. The fourth-order valence-electron chi connectivity index (χ4n) is 3.16. The molecule has 1 amide bonds. The van der Waals surface area contributed by atoms with Gasteiger partial charge in [0.25, 0.3) is 5.91 Å². The molecule has 3 rings (SSSR count). The first-order chi connectivity index (χ1) is 12.8. The first-order valence-electron chi connectivity index (χ1n) is 8.89. The lowest BCUT2D eigenvalue weighted by Gasteiger charge is -2.24. The molecule has 0 aliphatic heterocycles. The number of hydrogen-bond acceptors (Lipinski definition) is 4. The molecule has 1 aromatic carbocycles.